The van der Waals surface area contributed by atoms with Gasteiger partial charge in [-0.15, -0.1) is 0 Å². The fraction of sp³-hybridized carbons (Fsp3) is 0. The molecule has 23 heavy (non-hydrogen) atoms. The normalized spacial score (nSPS) is 11.0. The minimum absolute atomic E-state index is 0.0277. The first-order valence-electron chi connectivity index (χ1n) is 7.09. The lowest BCUT2D eigenvalue weighted by Crippen LogP contribution is -1.95. The zero-order valence-electron chi connectivity index (χ0n) is 12.2. The highest BCUT2D eigenvalue weighted by molar-refractivity contribution is 6.07. The molecule has 0 amide bonds. The largest absolute Gasteiger partial charge is 0.289 e. The Kier molecular flexibility index (Phi) is 3.97. The molecule has 0 heterocycles. The van der Waals surface area contributed by atoms with Gasteiger partial charge in [-0.25, -0.2) is 0 Å². The molecule has 0 aliphatic heterocycles. The first kappa shape index (κ1) is 14.7. The number of ketones is 1. The molecule has 0 bridgehead atoms. The first-order valence-corrected chi connectivity index (χ1v) is 7.09. The van der Waals surface area contributed by atoms with Crippen molar-refractivity contribution in [1.29, 1.82) is 0 Å². The van der Waals surface area contributed by atoms with Crippen LogP contribution in [0, 0.1) is 10.1 Å². The SMILES string of the molecule is O=C(/C=C/c1ccc2ccccc2c1)c1ccc([N+](=O)[O-])cc1. The van der Waals surface area contributed by atoms with Gasteiger partial charge in [0.1, 0.15) is 0 Å². The summed E-state index contributed by atoms with van der Waals surface area (Å²) in [6.07, 6.45) is 3.22. The van der Waals surface area contributed by atoms with E-state index in [1.54, 1.807) is 6.08 Å². The Bertz CT molecular complexity index is 911. The molecule has 0 unspecified atom stereocenters. The third-order valence-corrected chi connectivity index (χ3v) is 3.56. The van der Waals surface area contributed by atoms with Gasteiger partial charge in [0, 0.05) is 17.7 Å². The molecule has 0 N–H and O–H groups in total. The lowest BCUT2D eigenvalue weighted by molar-refractivity contribution is -0.384. The Labute approximate surface area is 132 Å². The van der Waals surface area contributed by atoms with E-state index < -0.39 is 4.92 Å². The van der Waals surface area contributed by atoms with Crippen molar-refractivity contribution in [3.8, 4) is 0 Å². The monoisotopic (exact) mass is 303 g/mol. The summed E-state index contributed by atoms with van der Waals surface area (Å²) in [6.45, 7) is 0. The summed E-state index contributed by atoms with van der Waals surface area (Å²) in [5.74, 6) is -0.187. The predicted octanol–water partition coefficient (Wildman–Crippen LogP) is 4.64. The number of nitro groups is 1. The van der Waals surface area contributed by atoms with Gasteiger partial charge in [-0.1, -0.05) is 42.5 Å². The van der Waals surface area contributed by atoms with Crippen molar-refractivity contribution in [3.05, 3.63) is 94.0 Å². The molecule has 0 aliphatic carbocycles. The van der Waals surface area contributed by atoms with E-state index in [9.17, 15) is 14.9 Å². The van der Waals surface area contributed by atoms with Gasteiger partial charge in [0.25, 0.3) is 5.69 Å². The summed E-state index contributed by atoms with van der Waals surface area (Å²) in [7, 11) is 0. The summed E-state index contributed by atoms with van der Waals surface area (Å²) >= 11 is 0. The first-order chi connectivity index (χ1) is 11.1. The summed E-state index contributed by atoms with van der Waals surface area (Å²) in [5.41, 5.74) is 1.33. The maximum Gasteiger partial charge on any atom is 0.269 e. The number of benzene rings is 3. The molecule has 0 saturated carbocycles. The van der Waals surface area contributed by atoms with Crippen LogP contribution in [0.5, 0.6) is 0 Å². The van der Waals surface area contributed by atoms with E-state index in [4.69, 9.17) is 0 Å². The van der Waals surface area contributed by atoms with E-state index in [0.29, 0.717) is 5.56 Å². The Balaban J connectivity index is 1.80. The predicted molar refractivity (Wildman–Crippen MR) is 90.4 cm³/mol. The smallest absolute Gasteiger partial charge is 0.269 e. The molecule has 0 fully saturated rings. The van der Waals surface area contributed by atoms with Crippen molar-refractivity contribution in [3.63, 3.8) is 0 Å². The highest BCUT2D eigenvalue weighted by Crippen LogP contribution is 2.17. The van der Waals surface area contributed by atoms with E-state index in [2.05, 4.69) is 0 Å². The Morgan fingerprint density at radius 3 is 2.30 bits per heavy atom. The van der Waals surface area contributed by atoms with Crippen molar-refractivity contribution in [2.75, 3.05) is 0 Å². The third-order valence-electron chi connectivity index (χ3n) is 3.56. The lowest BCUT2D eigenvalue weighted by Gasteiger charge is -1.99. The zero-order valence-corrected chi connectivity index (χ0v) is 12.2. The van der Waals surface area contributed by atoms with Crippen LogP contribution in [0.2, 0.25) is 0 Å². The topological polar surface area (TPSA) is 60.2 Å². The third kappa shape index (κ3) is 3.32. The second-order valence-corrected chi connectivity index (χ2v) is 5.11. The van der Waals surface area contributed by atoms with E-state index in [1.165, 1.54) is 30.3 Å². The second-order valence-electron chi connectivity index (χ2n) is 5.11. The average molecular weight is 303 g/mol. The van der Waals surface area contributed by atoms with Gasteiger partial charge in [-0.05, 0) is 40.6 Å². The fourth-order valence-electron chi connectivity index (χ4n) is 2.33. The van der Waals surface area contributed by atoms with E-state index in [0.717, 1.165) is 16.3 Å². The van der Waals surface area contributed by atoms with E-state index in [1.807, 2.05) is 42.5 Å². The Morgan fingerprint density at radius 2 is 1.61 bits per heavy atom. The molecule has 0 aliphatic rings. The number of carbonyl (C=O) groups is 1. The molecule has 0 saturated heterocycles. The van der Waals surface area contributed by atoms with Gasteiger partial charge in [0.2, 0.25) is 0 Å². The Morgan fingerprint density at radius 1 is 0.913 bits per heavy atom. The van der Waals surface area contributed by atoms with Crippen molar-refractivity contribution < 1.29 is 9.72 Å². The quantitative estimate of drug-likeness (QED) is 0.305. The molecule has 112 valence electrons. The van der Waals surface area contributed by atoms with Gasteiger partial charge >= 0.3 is 0 Å². The van der Waals surface area contributed by atoms with Crippen LogP contribution in [0.3, 0.4) is 0 Å². The molecule has 3 aromatic rings. The summed E-state index contributed by atoms with van der Waals surface area (Å²) in [5, 5.41) is 12.9. The molecule has 0 radical (unpaired) electrons. The number of rotatable bonds is 4. The number of hydrogen-bond acceptors (Lipinski definition) is 3. The highest BCUT2D eigenvalue weighted by Gasteiger charge is 2.07. The number of non-ortho nitro benzene ring substituents is 1. The van der Waals surface area contributed by atoms with Crippen molar-refractivity contribution >= 4 is 28.3 Å². The van der Waals surface area contributed by atoms with Gasteiger partial charge in [0.15, 0.2) is 5.78 Å². The van der Waals surface area contributed by atoms with Crippen LogP contribution in [-0.2, 0) is 0 Å². The maximum atomic E-state index is 12.1. The highest BCUT2D eigenvalue weighted by atomic mass is 16.6. The van der Waals surface area contributed by atoms with Crippen molar-refractivity contribution in [2.45, 2.75) is 0 Å². The summed E-state index contributed by atoms with van der Waals surface area (Å²) in [4.78, 5) is 22.2. The van der Waals surface area contributed by atoms with Crippen LogP contribution >= 0.6 is 0 Å². The Hall–Kier alpha value is -3.27. The number of fused-ring (bicyclic) bond motifs is 1. The number of allylic oxidation sites excluding steroid dienone is 1. The van der Waals surface area contributed by atoms with Crippen LogP contribution in [0.4, 0.5) is 5.69 Å². The van der Waals surface area contributed by atoms with Crippen LogP contribution in [-0.4, -0.2) is 10.7 Å². The standard InChI is InChI=1S/C19H13NO3/c21-19(16-8-10-18(11-9-16)20(22)23)12-6-14-5-7-15-3-1-2-4-17(15)13-14/h1-13H/b12-6+. The molecular formula is C19H13NO3. The average Bonchev–Trinajstić information content (AvgIpc) is 2.59. The minimum atomic E-state index is -0.487. The number of nitro benzene ring substituents is 1. The molecule has 4 heteroatoms. The molecular weight excluding hydrogens is 290 g/mol. The zero-order chi connectivity index (χ0) is 16.2. The fourth-order valence-corrected chi connectivity index (χ4v) is 2.33. The summed E-state index contributed by atoms with van der Waals surface area (Å²) < 4.78 is 0. The van der Waals surface area contributed by atoms with Gasteiger partial charge in [-0.3, -0.25) is 14.9 Å². The van der Waals surface area contributed by atoms with Crippen LogP contribution in [0.25, 0.3) is 16.8 Å². The number of hydrogen-bond donors (Lipinski definition) is 0. The molecule has 4 nitrogen and oxygen atoms in total. The van der Waals surface area contributed by atoms with E-state index in [-0.39, 0.29) is 11.5 Å². The molecule has 0 aromatic heterocycles. The molecule has 3 aromatic carbocycles. The van der Waals surface area contributed by atoms with Gasteiger partial charge in [-0.2, -0.15) is 0 Å². The van der Waals surface area contributed by atoms with Crippen molar-refractivity contribution in [2.24, 2.45) is 0 Å². The van der Waals surface area contributed by atoms with Crippen LogP contribution in [0.15, 0.2) is 72.8 Å². The molecule has 0 atom stereocenters. The van der Waals surface area contributed by atoms with Crippen LogP contribution in [0.1, 0.15) is 15.9 Å². The number of nitrogens with zero attached hydrogens (tertiary/aromatic N) is 1. The lowest BCUT2D eigenvalue weighted by atomic mass is 10.1. The van der Waals surface area contributed by atoms with Crippen LogP contribution < -0.4 is 0 Å². The summed E-state index contributed by atoms with van der Waals surface area (Å²) in [6, 6.07) is 19.6. The number of carbonyl (C=O) groups excluding carboxylic acids is 1. The van der Waals surface area contributed by atoms with Gasteiger partial charge < -0.3 is 0 Å². The maximum absolute atomic E-state index is 12.1. The minimum Gasteiger partial charge on any atom is -0.289 e. The molecule has 3 rings (SSSR count). The van der Waals surface area contributed by atoms with E-state index >= 15 is 0 Å². The molecule has 0 spiro atoms. The van der Waals surface area contributed by atoms with Gasteiger partial charge in [0.05, 0.1) is 4.92 Å². The second kappa shape index (κ2) is 6.23. The van der Waals surface area contributed by atoms with Crippen molar-refractivity contribution in [1.82, 2.24) is 0 Å².